The molecule has 1 aromatic carbocycles. The van der Waals surface area contributed by atoms with Gasteiger partial charge in [0.15, 0.2) is 0 Å². The number of benzene rings is 1. The van der Waals surface area contributed by atoms with Crippen molar-refractivity contribution < 1.29 is 0 Å². The molecule has 1 atom stereocenters. The van der Waals surface area contributed by atoms with E-state index in [1.807, 2.05) is 0 Å². The molecule has 0 amide bonds. The predicted molar refractivity (Wildman–Crippen MR) is 91.1 cm³/mol. The van der Waals surface area contributed by atoms with Gasteiger partial charge in [0.25, 0.3) is 0 Å². The van der Waals surface area contributed by atoms with E-state index < -0.39 is 0 Å². The first-order valence-electron chi connectivity index (χ1n) is 8.41. The van der Waals surface area contributed by atoms with Crippen LogP contribution in [0.5, 0.6) is 0 Å². The second-order valence-corrected chi connectivity index (χ2v) is 7.73. The van der Waals surface area contributed by atoms with Crippen LogP contribution in [-0.2, 0) is 13.1 Å². The van der Waals surface area contributed by atoms with Crippen LogP contribution in [0.1, 0.15) is 56.7 Å². The highest BCUT2D eigenvalue weighted by Crippen LogP contribution is 2.34. The highest BCUT2D eigenvalue weighted by molar-refractivity contribution is 5.31. The summed E-state index contributed by atoms with van der Waals surface area (Å²) in [5.41, 5.74) is 10.3. The van der Waals surface area contributed by atoms with Crippen molar-refractivity contribution in [2.24, 2.45) is 17.1 Å². The summed E-state index contributed by atoms with van der Waals surface area (Å²) in [5.74, 6) is 0.864. The molecule has 0 bridgehead atoms. The molecule has 2 N–H and O–H groups in total. The summed E-state index contributed by atoms with van der Waals surface area (Å²) < 4.78 is 0. The molecule has 1 aliphatic heterocycles. The first-order chi connectivity index (χ1) is 9.90. The van der Waals surface area contributed by atoms with Crippen LogP contribution in [0, 0.1) is 18.3 Å². The SMILES string of the molecule is Cc1cc(CN)ccc1CN1CCCC(C(C)(C)C)CC1. The molecule has 2 rings (SSSR count). The van der Waals surface area contributed by atoms with Gasteiger partial charge in [-0.3, -0.25) is 4.90 Å². The van der Waals surface area contributed by atoms with E-state index in [-0.39, 0.29) is 0 Å². The fourth-order valence-electron chi connectivity index (χ4n) is 3.48. The van der Waals surface area contributed by atoms with Crippen LogP contribution >= 0.6 is 0 Å². The summed E-state index contributed by atoms with van der Waals surface area (Å²) in [5, 5.41) is 0. The van der Waals surface area contributed by atoms with Gasteiger partial charge in [0.1, 0.15) is 0 Å². The lowest BCUT2D eigenvalue weighted by Gasteiger charge is -2.30. The molecule has 1 saturated heterocycles. The number of aryl methyl sites for hydroxylation is 1. The molecule has 1 heterocycles. The monoisotopic (exact) mass is 288 g/mol. The van der Waals surface area contributed by atoms with Gasteiger partial charge in [-0.15, -0.1) is 0 Å². The van der Waals surface area contributed by atoms with Crippen molar-refractivity contribution in [3.05, 3.63) is 34.9 Å². The minimum Gasteiger partial charge on any atom is -0.326 e. The normalized spacial score (nSPS) is 21.3. The quantitative estimate of drug-likeness (QED) is 0.907. The lowest BCUT2D eigenvalue weighted by molar-refractivity contribution is 0.206. The maximum Gasteiger partial charge on any atom is 0.0236 e. The maximum absolute atomic E-state index is 5.72. The zero-order valence-electron chi connectivity index (χ0n) is 14.3. The van der Waals surface area contributed by atoms with E-state index in [1.165, 1.54) is 49.0 Å². The minimum absolute atomic E-state index is 0.453. The molecule has 1 fully saturated rings. The fraction of sp³-hybridized carbons (Fsp3) is 0.684. The molecule has 0 aromatic heterocycles. The Morgan fingerprint density at radius 3 is 2.57 bits per heavy atom. The van der Waals surface area contributed by atoms with Crippen LogP contribution in [-0.4, -0.2) is 18.0 Å². The summed E-state index contributed by atoms with van der Waals surface area (Å²) >= 11 is 0. The van der Waals surface area contributed by atoms with Gasteiger partial charge < -0.3 is 5.73 Å². The van der Waals surface area contributed by atoms with Crippen molar-refractivity contribution in [1.82, 2.24) is 4.90 Å². The third-order valence-corrected chi connectivity index (χ3v) is 5.08. The summed E-state index contributed by atoms with van der Waals surface area (Å²) in [4.78, 5) is 2.64. The van der Waals surface area contributed by atoms with Gasteiger partial charge in [-0.25, -0.2) is 0 Å². The highest BCUT2D eigenvalue weighted by atomic mass is 15.1. The lowest BCUT2D eigenvalue weighted by Crippen LogP contribution is -2.26. The van der Waals surface area contributed by atoms with Gasteiger partial charge in [0.2, 0.25) is 0 Å². The van der Waals surface area contributed by atoms with E-state index >= 15 is 0 Å². The molecular weight excluding hydrogens is 256 g/mol. The number of hydrogen-bond donors (Lipinski definition) is 1. The number of likely N-dealkylation sites (tertiary alicyclic amines) is 1. The lowest BCUT2D eigenvalue weighted by atomic mass is 9.77. The Balaban J connectivity index is 1.98. The number of nitrogens with zero attached hydrogens (tertiary/aromatic N) is 1. The molecule has 1 unspecified atom stereocenters. The molecule has 0 spiro atoms. The Morgan fingerprint density at radius 2 is 1.95 bits per heavy atom. The van der Waals surface area contributed by atoms with Gasteiger partial charge in [0.05, 0.1) is 0 Å². The third-order valence-electron chi connectivity index (χ3n) is 5.08. The van der Waals surface area contributed by atoms with E-state index in [4.69, 9.17) is 5.73 Å². The molecule has 0 radical (unpaired) electrons. The van der Waals surface area contributed by atoms with Gasteiger partial charge in [-0.05, 0) is 67.3 Å². The Kier molecular flexibility index (Phi) is 5.45. The second kappa shape index (κ2) is 6.93. The first-order valence-corrected chi connectivity index (χ1v) is 8.41. The Bertz CT molecular complexity index is 459. The van der Waals surface area contributed by atoms with Crippen LogP contribution in [0.4, 0.5) is 0 Å². The van der Waals surface area contributed by atoms with Crippen molar-refractivity contribution in [3.8, 4) is 0 Å². The standard InChI is InChI=1S/C19H32N2/c1-15-12-16(13-20)7-8-17(15)14-21-10-5-6-18(9-11-21)19(2,3)4/h7-8,12,18H,5-6,9-11,13-14,20H2,1-4H3. The van der Waals surface area contributed by atoms with Crippen LogP contribution in [0.2, 0.25) is 0 Å². The Hall–Kier alpha value is -0.860. The van der Waals surface area contributed by atoms with E-state index in [2.05, 4.69) is 50.8 Å². The van der Waals surface area contributed by atoms with Crippen molar-refractivity contribution in [1.29, 1.82) is 0 Å². The average Bonchev–Trinajstić information content (AvgIpc) is 2.66. The number of hydrogen-bond acceptors (Lipinski definition) is 2. The molecule has 1 aromatic rings. The van der Waals surface area contributed by atoms with Gasteiger partial charge in [-0.1, -0.05) is 39.0 Å². The first kappa shape index (κ1) is 16.5. The summed E-state index contributed by atoms with van der Waals surface area (Å²) in [6.07, 6.45) is 4.05. The second-order valence-electron chi connectivity index (χ2n) is 7.73. The van der Waals surface area contributed by atoms with Gasteiger partial charge in [0, 0.05) is 13.1 Å². The highest BCUT2D eigenvalue weighted by Gasteiger charge is 2.27. The number of rotatable bonds is 3. The molecule has 1 aliphatic rings. The minimum atomic E-state index is 0.453. The molecule has 2 nitrogen and oxygen atoms in total. The zero-order valence-corrected chi connectivity index (χ0v) is 14.3. The van der Waals surface area contributed by atoms with Crippen molar-refractivity contribution in [2.45, 2.75) is 60.0 Å². The van der Waals surface area contributed by atoms with Crippen LogP contribution in [0.15, 0.2) is 18.2 Å². The van der Waals surface area contributed by atoms with E-state index in [1.54, 1.807) is 0 Å². The Morgan fingerprint density at radius 1 is 1.19 bits per heavy atom. The van der Waals surface area contributed by atoms with E-state index in [9.17, 15) is 0 Å². The zero-order chi connectivity index (χ0) is 15.5. The smallest absolute Gasteiger partial charge is 0.0236 e. The molecule has 118 valence electrons. The molecular formula is C19H32N2. The summed E-state index contributed by atoms with van der Waals surface area (Å²) in [6.45, 7) is 13.6. The van der Waals surface area contributed by atoms with Crippen molar-refractivity contribution >= 4 is 0 Å². The van der Waals surface area contributed by atoms with E-state index in [0.29, 0.717) is 12.0 Å². The largest absolute Gasteiger partial charge is 0.326 e. The van der Waals surface area contributed by atoms with Crippen LogP contribution < -0.4 is 5.73 Å². The molecule has 0 saturated carbocycles. The van der Waals surface area contributed by atoms with E-state index in [0.717, 1.165) is 12.5 Å². The molecule has 0 aliphatic carbocycles. The third kappa shape index (κ3) is 4.55. The topological polar surface area (TPSA) is 29.3 Å². The van der Waals surface area contributed by atoms with Crippen molar-refractivity contribution in [2.75, 3.05) is 13.1 Å². The maximum atomic E-state index is 5.72. The van der Waals surface area contributed by atoms with Crippen molar-refractivity contribution in [3.63, 3.8) is 0 Å². The molecule has 2 heteroatoms. The van der Waals surface area contributed by atoms with Gasteiger partial charge in [-0.2, -0.15) is 0 Å². The Labute approximate surface area is 130 Å². The fourth-order valence-corrected chi connectivity index (χ4v) is 3.48. The predicted octanol–water partition coefficient (Wildman–Crippen LogP) is 4.10. The van der Waals surface area contributed by atoms with Crippen LogP contribution in [0.3, 0.4) is 0 Å². The summed E-state index contributed by atoms with van der Waals surface area (Å²) in [6, 6.07) is 6.69. The van der Waals surface area contributed by atoms with Gasteiger partial charge >= 0.3 is 0 Å². The average molecular weight is 288 g/mol. The van der Waals surface area contributed by atoms with Crippen LogP contribution in [0.25, 0.3) is 0 Å². The summed E-state index contributed by atoms with van der Waals surface area (Å²) in [7, 11) is 0. The molecule has 21 heavy (non-hydrogen) atoms. The number of nitrogens with two attached hydrogens (primary N) is 1.